The van der Waals surface area contributed by atoms with Crippen molar-refractivity contribution < 1.29 is 13.9 Å². The van der Waals surface area contributed by atoms with Crippen LogP contribution >= 0.6 is 0 Å². The van der Waals surface area contributed by atoms with E-state index in [9.17, 15) is 4.39 Å². The third kappa shape index (κ3) is 3.93. The molecule has 138 valence electrons. The third-order valence-corrected chi connectivity index (χ3v) is 6.52. The van der Waals surface area contributed by atoms with Gasteiger partial charge in [0.25, 0.3) is 0 Å². The van der Waals surface area contributed by atoms with Crippen molar-refractivity contribution in [3.05, 3.63) is 0 Å². The molecule has 5 nitrogen and oxygen atoms in total. The van der Waals surface area contributed by atoms with Crippen molar-refractivity contribution in [3.8, 4) is 0 Å². The fourth-order valence-electron chi connectivity index (χ4n) is 5.29. The topological polar surface area (TPSA) is 54.5 Å². The molecule has 2 saturated carbocycles. The highest BCUT2D eigenvalue weighted by Crippen LogP contribution is 2.40. The molecule has 0 amide bonds. The highest BCUT2D eigenvalue weighted by Gasteiger charge is 2.44. The first-order chi connectivity index (χ1) is 11.8. The number of hydrazine groups is 1. The van der Waals surface area contributed by atoms with Gasteiger partial charge in [0.1, 0.15) is 6.17 Å². The van der Waals surface area contributed by atoms with Gasteiger partial charge in [-0.05, 0) is 56.3 Å². The van der Waals surface area contributed by atoms with E-state index >= 15 is 0 Å². The third-order valence-electron chi connectivity index (χ3n) is 6.52. The number of hydrogen-bond donors (Lipinski definition) is 3. The second-order valence-corrected chi connectivity index (χ2v) is 8.21. The van der Waals surface area contributed by atoms with Gasteiger partial charge in [-0.1, -0.05) is 6.42 Å². The molecule has 24 heavy (non-hydrogen) atoms. The largest absolute Gasteiger partial charge is 0.375 e. The van der Waals surface area contributed by atoms with Crippen molar-refractivity contribution in [2.75, 3.05) is 26.5 Å². The maximum atomic E-state index is 14.0. The van der Waals surface area contributed by atoms with Gasteiger partial charge in [0, 0.05) is 18.6 Å². The summed E-state index contributed by atoms with van der Waals surface area (Å²) in [5.74, 6) is 1.99. The summed E-state index contributed by atoms with van der Waals surface area (Å²) >= 11 is 0. The number of hydrogen-bond acceptors (Lipinski definition) is 5. The van der Waals surface area contributed by atoms with Crippen molar-refractivity contribution in [1.29, 1.82) is 0 Å². The Morgan fingerprint density at radius 1 is 0.958 bits per heavy atom. The van der Waals surface area contributed by atoms with Gasteiger partial charge in [-0.2, -0.15) is 0 Å². The SMILES string of the molecule is F[C@H]1CNCOCC2CCCC(C2)C2NNC3CCC(CC32)OC1. The van der Waals surface area contributed by atoms with Gasteiger partial charge in [0.2, 0.25) is 0 Å². The number of ether oxygens (including phenoxy) is 2. The Balaban J connectivity index is 1.46. The van der Waals surface area contributed by atoms with Crippen molar-refractivity contribution in [1.82, 2.24) is 16.2 Å². The molecule has 0 radical (unpaired) electrons. The monoisotopic (exact) mass is 341 g/mol. The first kappa shape index (κ1) is 17.2. The molecule has 0 spiro atoms. The molecule has 0 aromatic carbocycles. The minimum Gasteiger partial charge on any atom is -0.375 e. The first-order valence-electron chi connectivity index (χ1n) is 9.85. The molecular formula is C18H32FN3O2. The van der Waals surface area contributed by atoms with Gasteiger partial charge < -0.3 is 9.47 Å². The van der Waals surface area contributed by atoms with Crippen LogP contribution in [0.25, 0.3) is 0 Å². The van der Waals surface area contributed by atoms with E-state index < -0.39 is 6.17 Å². The van der Waals surface area contributed by atoms with Crippen LogP contribution in [-0.4, -0.2) is 50.8 Å². The normalized spacial score (nSPS) is 47.6. The van der Waals surface area contributed by atoms with Gasteiger partial charge in [-0.3, -0.25) is 16.2 Å². The zero-order valence-corrected chi connectivity index (χ0v) is 14.5. The molecule has 4 bridgehead atoms. The molecule has 7 atom stereocenters. The molecule has 0 aromatic rings. The first-order valence-corrected chi connectivity index (χ1v) is 9.85. The quantitative estimate of drug-likeness (QED) is 0.627. The van der Waals surface area contributed by atoms with Crippen molar-refractivity contribution >= 4 is 0 Å². The average molecular weight is 341 g/mol. The smallest absolute Gasteiger partial charge is 0.136 e. The van der Waals surface area contributed by atoms with Crippen molar-refractivity contribution in [2.45, 2.75) is 69.3 Å². The lowest BCUT2D eigenvalue weighted by Crippen LogP contribution is -2.42. The van der Waals surface area contributed by atoms with E-state index in [1.807, 2.05) is 0 Å². The van der Waals surface area contributed by atoms with Gasteiger partial charge >= 0.3 is 0 Å². The Morgan fingerprint density at radius 3 is 2.88 bits per heavy atom. The van der Waals surface area contributed by atoms with Gasteiger partial charge in [0.15, 0.2) is 0 Å². The summed E-state index contributed by atoms with van der Waals surface area (Å²) in [6.45, 7) is 1.76. The minimum absolute atomic E-state index is 0.201. The number of rotatable bonds is 0. The fourth-order valence-corrected chi connectivity index (χ4v) is 5.29. The molecule has 2 aliphatic heterocycles. The van der Waals surface area contributed by atoms with Gasteiger partial charge in [-0.25, -0.2) is 4.39 Å². The molecule has 2 saturated heterocycles. The van der Waals surface area contributed by atoms with E-state index in [2.05, 4.69) is 16.2 Å². The lowest BCUT2D eigenvalue weighted by molar-refractivity contribution is -0.0185. The van der Waals surface area contributed by atoms with E-state index in [4.69, 9.17) is 9.47 Å². The van der Waals surface area contributed by atoms with E-state index in [0.29, 0.717) is 37.2 Å². The Morgan fingerprint density at radius 2 is 1.92 bits per heavy atom. The lowest BCUT2D eigenvalue weighted by atomic mass is 9.70. The molecule has 2 aliphatic carbocycles. The molecule has 4 fully saturated rings. The molecular weight excluding hydrogens is 309 g/mol. The Hall–Kier alpha value is -0.270. The maximum Gasteiger partial charge on any atom is 0.136 e. The Labute approximate surface area is 144 Å². The van der Waals surface area contributed by atoms with Crippen LogP contribution in [0.2, 0.25) is 0 Å². The van der Waals surface area contributed by atoms with Crippen LogP contribution in [0.5, 0.6) is 0 Å². The van der Waals surface area contributed by atoms with Crippen molar-refractivity contribution in [3.63, 3.8) is 0 Å². The molecule has 4 aliphatic rings. The summed E-state index contributed by atoms with van der Waals surface area (Å²) in [6.07, 6.45) is 7.63. The Bertz CT molecular complexity index is 414. The second-order valence-electron chi connectivity index (χ2n) is 8.21. The van der Waals surface area contributed by atoms with Crippen molar-refractivity contribution in [2.24, 2.45) is 17.8 Å². The minimum atomic E-state index is -0.952. The average Bonchev–Trinajstić information content (AvgIpc) is 3.02. The summed E-state index contributed by atoms with van der Waals surface area (Å²) in [5, 5.41) is 3.06. The summed E-state index contributed by atoms with van der Waals surface area (Å²) < 4.78 is 25.6. The van der Waals surface area contributed by atoms with Gasteiger partial charge in [-0.15, -0.1) is 0 Å². The standard InChI is InChI=1S/C18H32FN3O2/c19-14-8-20-11-23-9-12-2-1-3-13(6-12)18-16-7-15(24-10-14)4-5-17(16)21-22-18/h12-18,20-22H,1-11H2/t12?,13?,14-,15?,16?,17?,18?/m0/s1. The van der Waals surface area contributed by atoms with E-state index in [1.165, 1.54) is 25.7 Å². The lowest BCUT2D eigenvalue weighted by Gasteiger charge is -2.38. The summed E-state index contributed by atoms with van der Waals surface area (Å²) in [7, 11) is 0. The zero-order valence-electron chi connectivity index (χ0n) is 14.5. The molecule has 6 heteroatoms. The number of fused-ring (bicyclic) bond motifs is 4. The molecule has 2 heterocycles. The van der Waals surface area contributed by atoms with Crippen LogP contribution in [0.1, 0.15) is 44.9 Å². The predicted molar refractivity (Wildman–Crippen MR) is 90.1 cm³/mol. The highest BCUT2D eigenvalue weighted by atomic mass is 19.1. The summed E-state index contributed by atoms with van der Waals surface area (Å²) in [4.78, 5) is 0. The number of alkyl halides is 1. The second kappa shape index (κ2) is 7.96. The van der Waals surface area contributed by atoms with Crippen LogP contribution in [-0.2, 0) is 9.47 Å². The van der Waals surface area contributed by atoms with Crippen LogP contribution in [0, 0.1) is 17.8 Å². The number of nitrogens with one attached hydrogen (secondary N) is 3. The van der Waals surface area contributed by atoms with E-state index in [-0.39, 0.29) is 12.7 Å². The van der Waals surface area contributed by atoms with Crippen LogP contribution in [0.4, 0.5) is 4.39 Å². The molecule has 3 N–H and O–H groups in total. The molecule has 4 rings (SSSR count). The number of halogens is 1. The van der Waals surface area contributed by atoms with Crippen LogP contribution in [0.3, 0.4) is 0 Å². The van der Waals surface area contributed by atoms with E-state index in [0.717, 1.165) is 31.8 Å². The molecule has 0 aromatic heterocycles. The van der Waals surface area contributed by atoms with E-state index in [1.54, 1.807) is 0 Å². The highest BCUT2D eigenvalue weighted by molar-refractivity contribution is 4.99. The van der Waals surface area contributed by atoms with Crippen LogP contribution < -0.4 is 16.2 Å². The fraction of sp³-hybridized carbons (Fsp3) is 1.00. The zero-order chi connectivity index (χ0) is 16.4. The maximum absolute atomic E-state index is 14.0. The van der Waals surface area contributed by atoms with Gasteiger partial charge in [0.05, 0.1) is 26.0 Å². The molecule has 6 unspecified atom stereocenters. The predicted octanol–water partition coefficient (Wildman–Crippen LogP) is 1.74. The summed E-state index contributed by atoms with van der Waals surface area (Å²) in [6, 6.07) is 1.10. The Kier molecular flexibility index (Phi) is 5.69. The van der Waals surface area contributed by atoms with Crippen LogP contribution in [0.15, 0.2) is 0 Å². The summed E-state index contributed by atoms with van der Waals surface area (Å²) in [5.41, 5.74) is 7.15.